The van der Waals surface area contributed by atoms with Gasteiger partial charge >= 0.3 is 0 Å². The minimum absolute atomic E-state index is 0.128. The Morgan fingerprint density at radius 1 is 1.32 bits per heavy atom. The Labute approximate surface area is 130 Å². The summed E-state index contributed by atoms with van der Waals surface area (Å²) in [6.07, 6.45) is 0.738. The SMILES string of the molecule is Cc1noc(C(C)C)c1C(=O)NCCCOc1ccccc1. The van der Waals surface area contributed by atoms with Crippen LogP contribution in [0.2, 0.25) is 0 Å². The number of hydrogen-bond donors (Lipinski definition) is 1. The maximum atomic E-state index is 12.2. The molecule has 0 unspecified atom stereocenters. The minimum Gasteiger partial charge on any atom is -0.494 e. The van der Waals surface area contributed by atoms with Crippen LogP contribution < -0.4 is 10.1 Å². The summed E-state index contributed by atoms with van der Waals surface area (Å²) < 4.78 is 10.8. The van der Waals surface area contributed by atoms with Crippen molar-refractivity contribution in [2.24, 2.45) is 0 Å². The van der Waals surface area contributed by atoms with E-state index in [-0.39, 0.29) is 11.8 Å². The first kappa shape index (κ1) is 16.1. The zero-order valence-electron chi connectivity index (χ0n) is 13.3. The number of para-hydroxylation sites is 1. The van der Waals surface area contributed by atoms with E-state index in [4.69, 9.17) is 9.26 Å². The molecule has 0 spiro atoms. The normalized spacial score (nSPS) is 10.7. The van der Waals surface area contributed by atoms with Gasteiger partial charge in [-0.1, -0.05) is 37.2 Å². The van der Waals surface area contributed by atoms with Gasteiger partial charge in [0.05, 0.1) is 12.3 Å². The molecule has 118 valence electrons. The van der Waals surface area contributed by atoms with E-state index in [9.17, 15) is 4.79 Å². The Hall–Kier alpha value is -2.30. The van der Waals surface area contributed by atoms with E-state index < -0.39 is 0 Å². The Balaban J connectivity index is 1.78. The topological polar surface area (TPSA) is 64.4 Å². The van der Waals surface area contributed by atoms with Crippen LogP contribution in [0.25, 0.3) is 0 Å². The van der Waals surface area contributed by atoms with Gasteiger partial charge in [0.25, 0.3) is 5.91 Å². The summed E-state index contributed by atoms with van der Waals surface area (Å²) in [6.45, 7) is 6.84. The molecule has 0 bridgehead atoms. The third-order valence-corrected chi connectivity index (χ3v) is 3.26. The largest absolute Gasteiger partial charge is 0.494 e. The third-order valence-electron chi connectivity index (χ3n) is 3.26. The lowest BCUT2D eigenvalue weighted by atomic mass is 10.0. The molecular weight excluding hydrogens is 280 g/mol. The molecule has 1 heterocycles. The molecule has 2 rings (SSSR count). The van der Waals surface area contributed by atoms with Crippen LogP contribution in [0, 0.1) is 6.92 Å². The van der Waals surface area contributed by atoms with Gasteiger partial charge in [-0.15, -0.1) is 0 Å². The van der Waals surface area contributed by atoms with Crippen molar-refractivity contribution in [3.63, 3.8) is 0 Å². The quantitative estimate of drug-likeness (QED) is 0.797. The fourth-order valence-electron chi connectivity index (χ4n) is 2.13. The summed E-state index contributed by atoms with van der Waals surface area (Å²) in [4.78, 5) is 12.2. The van der Waals surface area contributed by atoms with Crippen molar-refractivity contribution in [2.45, 2.75) is 33.1 Å². The number of amides is 1. The first-order valence-electron chi connectivity index (χ1n) is 7.51. The van der Waals surface area contributed by atoms with Crippen LogP contribution in [0.3, 0.4) is 0 Å². The number of ether oxygens (including phenoxy) is 1. The van der Waals surface area contributed by atoms with E-state index in [2.05, 4.69) is 10.5 Å². The molecule has 0 aliphatic carbocycles. The predicted octanol–water partition coefficient (Wildman–Crippen LogP) is 3.31. The Morgan fingerprint density at radius 3 is 2.73 bits per heavy atom. The van der Waals surface area contributed by atoms with Gasteiger partial charge in [0.1, 0.15) is 11.3 Å². The molecule has 0 fully saturated rings. The second-order valence-electron chi connectivity index (χ2n) is 5.43. The smallest absolute Gasteiger partial charge is 0.256 e. The van der Waals surface area contributed by atoms with Crippen molar-refractivity contribution in [1.82, 2.24) is 10.5 Å². The van der Waals surface area contributed by atoms with Gasteiger partial charge in [0.15, 0.2) is 5.76 Å². The molecule has 1 amide bonds. The lowest BCUT2D eigenvalue weighted by Crippen LogP contribution is -2.26. The number of aromatic nitrogens is 1. The Morgan fingerprint density at radius 2 is 2.05 bits per heavy atom. The van der Waals surface area contributed by atoms with Gasteiger partial charge in [-0.25, -0.2) is 0 Å². The predicted molar refractivity (Wildman–Crippen MR) is 84.2 cm³/mol. The van der Waals surface area contributed by atoms with Gasteiger partial charge in [-0.05, 0) is 25.5 Å². The van der Waals surface area contributed by atoms with Crippen molar-refractivity contribution in [3.05, 3.63) is 47.3 Å². The Bertz CT molecular complexity index is 606. The van der Waals surface area contributed by atoms with Crippen LogP contribution in [0.1, 0.15) is 48.0 Å². The van der Waals surface area contributed by atoms with Gasteiger partial charge in [-0.3, -0.25) is 4.79 Å². The van der Waals surface area contributed by atoms with Crippen LogP contribution in [-0.4, -0.2) is 24.2 Å². The van der Waals surface area contributed by atoms with E-state index in [1.807, 2.05) is 44.2 Å². The fourth-order valence-corrected chi connectivity index (χ4v) is 2.13. The van der Waals surface area contributed by atoms with Crippen LogP contribution in [0.15, 0.2) is 34.9 Å². The molecule has 2 aromatic rings. The zero-order valence-corrected chi connectivity index (χ0v) is 13.3. The standard InChI is InChI=1S/C17H22N2O3/c1-12(2)16-15(13(3)19-22-16)17(20)18-10-7-11-21-14-8-5-4-6-9-14/h4-6,8-9,12H,7,10-11H2,1-3H3,(H,18,20). The molecule has 5 nitrogen and oxygen atoms in total. The number of rotatable bonds is 7. The number of nitrogens with zero attached hydrogens (tertiary/aromatic N) is 1. The van der Waals surface area contributed by atoms with E-state index in [1.54, 1.807) is 6.92 Å². The van der Waals surface area contributed by atoms with Crippen LogP contribution >= 0.6 is 0 Å². The molecule has 22 heavy (non-hydrogen) atoms. The van der Waals surface area contributed by atoms with Gasteiger partial charge < -0.3 is 14.6 Å². The number of carbonyl (C=O) groups excluding carboxylic acids is 1. The molecular formula is C17H22N2O3. The van der Waals surface area contributed by atoms with Gasteiger partial charge in [0, 0.05) is 12.5 Å². The maximum Gasteiger partial charge on any atom is 0.256 e. The summed E-state index contributed by atoms with van der Waals surface area (Å²) in [5.41, 5.74) is 1.18. The molecule has 0 aliphatic heterocycles. The number of benzene rings is 1. The molecule has 5 heteroatoms. The van der Waals surface area contributed by atoms with Crippen molar-refractivity contribution in [3.8, 4) is 5.75 Å². The highest BCUT2D eigenvalue weighted by atomic mass is 16.5. The van der Waals surface area contributed by atoms with Gasteiger partial charge in [-0.2, -0.15) is 0 Å². The van der Waals surface area contributed by atoms with Crippen LogP contribution in [0.4, 0.5) is 0 Å². The van der Waals surface area contributed by atoms with Gasteiger partial charge in [0.2, 0.25) is 0 Å². The molecule has 1 aromatic carbocycles. The van der Waals surface area contributed by atoms with Crippen molar-refractivity contribution >= 4 is 5.91 Å². The molecule has 0 saturated heterocycles. The molecule has 0 atom stereocenters. The summed E-state index contributed by atoms with van der Waals surface area (Å²) in [5, 5.41) is 6.77. The van der Waals surface area contributed by atoms with Crippen LogP contribution in [-0.2, 0) is 0 Å². The zero-order chi connectivity index (χ0) is 15.9. The average Bonchev–Trinajstić information content (AvgIpc) is 2.90. The van der Waals surface area contributed by atoms with Crippen molar-refractivity contribution in [1.29, 1.82) is 0 Å². The highest BCUT2D eigenvalue weighted by molar-refractivity contribution is 5.96. The highest BCUT2D eigenvalue weighted by Gasteiger charge is 2.21. The number of hydrogen-bond acceptors (Lipinski definition) is 4. The lowest BCUT2D eigenvalue weighted by molar-refractivity contribution is 0.0948. The Kier molecular flexibility index (Phi) is 5.58. The van der Waals surface area contributed by atoms with E-state index in [0.717, 1.165) is 12.2 Å². The number of nitrogens with one attached hydrogen (secondary N) is 1. The number of aryl methyl sites for hydroxylation is 1. The van der Waals surface area contributed by atoms with E-state index >= 15 is 0 Å². The molecule has 1 aromatic heterocycles. The fraction of sp³-hybridized carbons (Fsp3) is 0.412. The number of carbonyl (C=O) groups is 1. The summed E-state index contributed by atoms with van der Waals surface area (Å²) in [5.74, 6) is 1.46. The van der Waals surface area contributed by atoms with E-state index in [0.29, 0.717) is 30.2 Å². The second-order valence-corrected chi connectivity index (χ2v) is 5.43. The monoisotopic (exact) mass is 302 g/mol. The lowest BCUT2D eigenvalue weighted by Gasteiger charge is -2.08. The summed E-state index contributed by atoms with van der Waals surface area (Å²) in [6, 6.07) is 9.63. The first-order valence-corrected chi connectivity index (χ1v) is 7.51. The highest BCUT2D eigenvalue weighted by Crippen LogP contribution is 2.21. The van der Waals surface area contributed by atoms with Crippen LogP contribution in [0.5, 0.6) is 5.75 Å². The van der Waals surface area contributed by atoms with Crippen molar-refractivity contribution in [2.75, 3.05) is 13.2 Å². The molecule has 1 N–H and O–H groups in total. The molecule has 0 radical (unpaired) electrons. The molecule has 0 saturated carbocycles. The second kappa shape index (κ2) is 7.64. The van der Waals surface area contributed by atoms with Crippen molar-refractivity contribution < 1.29 is 14.1 Å². The average molecular weight is 302 g/mol. The molecule has 0 aliphatic rings. The minimum atomic E-state index is -0.137. The van der Waals surface area contributed by atoms with E-state index in [1.165, 1.54) is 0 Å². The summed E-state index contributed by atoms with van der Waals surface area (Å²) in [7, 11) is 0. The third kappa shape index (κ3) is 4.10. The maximum absolute atomic E-state index is 12.2. The first-order chi connectivity index (χ1) is 10.6. The summed E-state index contributed by atoms with van der Waals surface area (Å²) >= 11 is 0.